The Bertz CT molecular complexity index is 655. The van der Waals surface area contributed by atoms with Gasteiger partial charge in [-0.1, -0.05) is 0 Å². The van der Waals surface area contributed by atoms with Crippen LogP contribution in [0.1, 0.15) is 5.56 Å². The van der Waals surface area contributed by atoms with Crippen LogP contribution in [0, 0.1) is 5.82 Å². The van der Waals surface area contributed by atoms with Crippen LogP contribution in [-0.4, -0.2) is 16.0 Å². The molecule has 0 aliphatic carbocycles. The second-order valence-corrected chi connectivity index (χ2v) is 4.14. The van der Waals surface area contributed by atoms with Crippen LogP contribution in [-0.2, 0) is 11.2 Å². The van der Waals surface area contributed by atoms with Crippen molar-refractivity contribution < 1.29 is 14.3 Å². The van der Waals surface area contributed by atoms with Gasteiger partial charge in [0.05, 0.1) is 12.6 Å². The fourth-order valence-electron chi connectivity index (χ4n) is 2.05. The van der Waals surface area contributed by atoms with Crippen LogP contribution in [0.4, 0.5) is 10.1 Å². The summed E-state index contributed by atoms with van der Waals surface area (Å²) in [7, 11) is 0. The van der Waals surface area contributed by atoms with Gasteiger partial charge in [0.15, 0.2) is 0 Å². The molecule has 1 amide bonds. The van der Waals surface area contributed by atoms with Crippen LogP contribution in [0.2, 0.25) is 0 Å². The first kappa shape index (κ1) is 10.7. The number of carbonyl (C=O) groups excluding carboxylic acids is 1. The zero-order valence-electron chi connectivity index (χ0n) is 9.27. The molecule has 2 heterocycles. The number of nitrogens with zero attached hydrogens (tertiary/aromatic N) is 1. The van der Waals surface area contributed by atoms with Gasteiger partial charge in [0.1, 0.15) is 11.6 Å². The molecule has 0 spiro atoms. The lowest BCUT2D eigenvalue weighted by Crippen LogP contribution is -2.03. The van der Waals surface area contributed by atoms with E-state index in [2.05, 4.69) is 10.3 Å². The molecule has 0 saturated heterocycles. The van der Waals surface area contributed by atoms with Crippen molar-refractivity contribution in [2.24, 2.45) is 0 Å². The molecule has 4 nitrogen and oxygen atoms in total. The molecule has 0 fully saturated rings. The molecule has 0 radical (unpaired) electrons. The molecule has 1 aliphatic rings. The molecule has 90 valence electrons. The van der Waals surface area contributed by atoms with Gasteiger partial charge < -0.3 is 10.4 Å². The van der Waals surface area contributed by atoms with E-state index in [1.807, 2.05) is 0 Å². The first-order valence-electron chi connectivity index (χ1n) is 5.40. The number of phenolic OH excluding ortho intramolecular Hbond substituents is 1. The van der Waals surface area contributed by atoms with Gasteiger partial charge >= 0.3 is 0 Å². The van der Waals surface area contributed by atoms with E-state index in [1.165, 1.54) is 18.3 Å². The van der Waals surface area contributed by atoms with Crippen molar-refractivity contribution in [1.29, 1.82) is 0 Å². The maximum Gasteiger partial charge on any atom is 0.228 e. The molecule has 18 heavy (non-hydrogen) atoms. The zero-order chi connectivity index (χ0) is 12.7. The number of carbonyl (C=O) groups is 1. The summed E-state index contributed by atoms with van der Waals surface area (Å²) in [6.45, 7) is 0. The smallest absolute Gasteiger partial charge is 0.228 e. The molecule has 0 unspecified atom stereocenters. The summed E-state index contributed by atoms with van der Waals surface area (Å²) in [5.74, 6) is -0.594. The standard InChI is InChI=1S/C13H9FN2O2/c14-9-1-8(5-15-6-9)10-2-7-3-13(18)16-11(7)4-12(10)17/h1-2,4-6,17H,3H2,(H,16,18). The number of aromatic hydroxyl groups is 1. The molecule has 5 heteroatoms. The Labute approximate surface area is 102 Å². The monoisotopic (exact) mass is 244 g/mol. The minimum Gasteiger partial charge on any atom is -0.507 e. The Morgan fingerprint density at radius 2 is 2.11 bits per heavy atom. The molecular formula is C13H9FN2O2. The van der Waals surface area contributed by atoms with Crippen molar-refractivity contribution in [3.05, 3.63) is 42.0 Å². The summed E-state index contributed by atoms with van der Waals surface area (Å²) < 4.78 is 13.1. The van der Waals surface area contributed by atoms with E-state index in [-0.39, 0.29) is 18.1 Å². The lowest BCUT2D eigenvalue weighted by molar-refractivity contribution is -0.115. The number of hydrogen-bond donors (Lipinski definition) is 2. The largest absolute Gasteiger partial charge is 0.507 e. The van der Waals surface area contributed by atoms with E-state index in [0.29, 0.717) is 16.8 Å². The number of aromatic nitrogens is 1. The van der Waals surface area contributed by atoms with E-state index >= 15 is 0 Å². The molecule has 0 bridgehead atoms. The molecule has 1 aromatic carbocycles. The number of benzene rings is 1. The Kier molecular flexibility index (Phi) is 2.26. The molecular weight excluding hydrogens is 235 g/mol. The average Bonchev–Trinajstić information content (AvgIpc) is 2.67. The van der Waals surface area contributed by atoms with Gasteiger partial charge in [-0.15, -0.1) is 0 Å². The van der Waals surface area contributed by atoms with Crippen molar-refractivity contribution in [2.45, 2.75) is 6.42 Å². The second kappa shape index (κ2) is 3.80. The summed E-state index contributed by atoms with van der Waals surface area (Å²) in [5, 5.41) is 12.5. The lowest BCUT2D eigenvalue weighted by Gasteiger charge is -2.07. The third-order valence-corrected chi connectivity index (χ3v) is 2.86. The van der Waals surface area contributed by atoms with Crippen LogP contribution >= 0.6 is 0 Å². The fraction of sp³-hybridized carbons (Fsp3) is 0.0769. The Hall–Kier alpha value is -2.43. The minimum atomic E-state index is -0.471. The topological polar surface area (TPSA) is 62.2 Å². The van der Waals surface area contributed by atoms with Crippen molar-refractivity contribution in [1.82, 2.24) is 4.98 Å². The maximum atomic E-state index is 13.1. The van der Waals surface area contributed by atoms with Gasteiger partial charge in [0.2, 0.25) is 5.91 Å². The predicted octanol–water partition coefficient (Wildman–Crippen LogP) is 2.09. The number of amides is 1. The first-order valence-corrected chi connectivity index (χ1v) is 5.40. The van der Waals surface area contributed by atoms with E-state index in [0.717, 1.165) is 11.8 Å². The number of rotatable bonds is 1. The number of phenols is 1. The van der Waals surface area contributed by atoms with Gasteiger partial charge in [-0.25, -0.2) is 4.39 Å². The van der Waals surface area contributed by atoms with Crippen molar-refractivity contribution >= 4 is 11.6 Å². The Morgan fingerprint density at radius 1 is 1.28 bits per heavy atom. The number of pyridine rings is 1. The molecule has 0 atom stereocenters. The third-order valence-electron chi connectivity index (χ3n) is 2.86. The van der Waals surface area contributed by atoms with Gasteiger partial charge in [0, 0.05) is 29.1 Å². The van der Waals surface area contributed by atoms with Crippen molar-refractivity contribution in [2.75, 3.05) is 5.32 Å². The van der Waals surface area contributed by atoms with Crippen molar-refractivity contribution in [3.63, 3.8) is 0 Å². The molecule has 0 saturated carbocycles. The quantitative estimate of drug-likeness (QED) is 0.807. The first-order chi connectivity index (χ1) is 8.63. The minimum absolute atomic E-state index is 0.0108. The molecule has 1 aliphatic heterocycles. The van der Waals surface area contributed by atoms with Crippen LogP contribution < -0.4 is 5.32 Å². The highest BCUT2D eigenvalue weighted by molar-refractivity contribution is 6.00. The predicted molar refractivity (Wildman–Crippen MR) is 63.6 cm³/mol. The highest BCUT2D eigenvalue weighted by atomic mass is 19.1. The lowest BCUT2D eigenvalue weighted by atomic mass is 10.0. The average molecular weight is 244 g/mol. The van der Waals surface area contributed by atoms with Crippen molar-refractivity contribution in [3.8, 4) is 16.9 Å². The fourth-order valence-corrected chi connectivity index (χ4v) is 2.05. The molecule has 3 rings (SSSR count). The number of nitrogens with one attached hydrogen (secondary N) is 1. The van der Waals surface area contributed by atoms with E-state index in [9.17, 15) is 14.3 Å². The maximum absolute atomic E-state index is 13.1. The Balaban J connectivity index is 2.14. The number of fused-ring (bicyclic) bond motifs is 1. The highest BCUT2D eigenvalue weighted by Gasteiger charge is 2.20. The molecule has 1 aromatic heterocycles. The third kappa shape index (κ3) is 1.69. The van der Waals surface area contributed by atoms with E-state index in [4.69, 9.17) is 0 Å². The zero-order valence-corrected chi connectivity index (χ0v) is 9.27. The summed E-state index contributed by atoms with van der Waals surface area (Å²) in [6.07, 6.45) is 2.83. The van der Waals surface area contributed by atoms with Crippen LogP contribution in [0.5, 0.6) is 5.75 Å². The molecule has 2 N–H and O–H groups in total. The van der Waals surface area contributed by atoms with Gasteiger partial charge in [0.25, 0.3) is 0 Å². The Morgan fingerprint density at radius 3 is 2.89 bits per heavy atom. The summed E-state index contributed by atoms with van der Waals surface area (Å²) in [4.78, 5) is 15.0. The highest BCUT2D eigenvalue weighted by Crippen LogP contribution is 2.36. The van der Waals surface area contributed by atoms with Crippen LogP contribution in [0.15, 0.2) is 30.6 Å². The van der Waals surface area contributed by atoms with Gasteiger partial charge in [-0.2, -0.15) is 0 Å². The summed E-state index contributed by atoms with van der Waals surface area (Å²) >= 11 is 0. The molecule has 2 aromatic rings. The second-order valence-electron chi connectivity index (χ2n) is 4.14. The summed E-state index contributed by atoms with van der Waals surface area (Å²) in [5.41, 5.74) is 2.34. The van der Waals surface area contributed by atoms with E-state index in [1.54, 1.807) is 6.07 Å². The van der Waals surface area contributed by atoms with E-state index < -0.39 is 5.82 Å². The number of hydrogen-bond acceptors (Lipinski definition) is 3. The van der Waals surface area contributed by atoms with Crippen LogP contribution in [0.25, 0.3) is 11.1 Å². The normalized spacial score (nSPS) is 13.3. The number of halogens is 1. The SMILES string of the molecule is O=C1Cc2cc(-c3cncc(F)c3)c(O)cc2N1. The van der Waals surface area contributed by atoms with Gasteiger partial charge in [-0.3, -0.25) is 9.78 Å². The van der Waals surface area contributed by atoms with Gasteiger partial charge in [-0.05, 0) is 17.7 Å². The number of anilines is 1. The van der Waals surface area contributed by atoms with Crippen LogP contribution in [0.3, 0.4) is 0 Å². The summed E-state index contributed by atoms with van der Waals surface area (Å²) in [6, 6.07) is 4.44.